The molecular weight excluding hydrogens is 415 g/mol. The third kappa shape index (κ3) is 3.41. The fraction of sp³-hybridized carbons (Fsp3) is 0.278. The minimum Gasteiger partial charge on any atom is -0.506 e. The topological polar surface area (TPSA) is 45.6 Å². The summed E-state index contributed by atoms with van der Waals surface area (Å²) in [4.78, 5) is 6.58. The lowest BCUT2D eigenvalue weighted by Crippen LogP contribution is -2.38. The van der Waals surface area contributed by atoms with Gasteiger partial charge in [-0.15, -0.1) is 11.3 Å². The molecule has 0 amide bonds. The maximum atomic E-state index is 10.3. The Morgan fingerprint density at radius 2 is 1.81 bits per heavy atom. The highest BCUT2D eigenvalue weighted by atomic mass is 35.5. The Morgan fingerprint density at radius 3 is 2.50 bits per heavy atom. The van der Waals surface area contributed by atoms with Gasteiger partial charge in [0.15, 0.2) is 0 Å². The molecule has 0 bridgehead atoms. The number of phenols is 1. The van der Waals surface area contributed by atoms with E-state index in [0.717, 1.165) is 41.8 Å². The Bertz CT molecular complexity index is 932. The largest absolute Gasteiger partial charge is 0.506 e. The number of fused-ring (bicyclic) bond motifs is 1. The van der Waals surface area contributed by atoms with Gasteiger partial charge in [-0.2, -0.15) is 0 Å². The third-order valence-electron chi connectivity index (χ3n) is 4.47. The molecule has 136 valence electrons. The Kier molecular flexibility index (Phi) is 5.06. The first-order chi connectivity index (χ1) is 12.5. The highest BCUT2D eigenvalue weighted by Crippen LogP contribution is 2.39. The predicted octanol–water partition coefficient (Wildman–Crippen LogP) is 6.01. The number of anilines is 1. The third-order valence-corrected chi connectivity index (χ3v) is 6.46. The van der Waals surface area contributed by atoms with Crippen LogP contribution in [0.1, 0.15) is 12.8 Å². The van der Waals surface area contributed by atoms with Crippen molar-refractivity contribution < 1.29 is 9.84 Å². The lowest BCUT2D eigenvalue weighted by atomic mass is 10.1. The summed E-state index contributed by atoms with van der Waals surface area (Å²) >= 11 is 19.7. The molecule has 1 fully saturated rings. The fourth-order valence-corrected chi connectivity index (χ4v) is 4.46. The SMILES string of the molecule is Oc1ccc2scnc2c1N1CCC(Oc2cc(Cl)c(Cl)c(Cl)c2)CC1. The molecule has 1 aromatic heterocycles. The van der Waals surface area contributed by atoms with E-state index < -0.39 is 0 Å². The van der Waals surface area contributed by atoms with Crippen LogP contribution in [0.25, 0.3) is 10.2 Å². The van der Waals surface area contributed by atoms with Crippen LogP contribution in [0.3, 0.4) is 0 Å². The number of halogens is 3. The normalized spacial score (nSPS) is 15.6. The molecule has 4 nitrogen and oxygen atoms in total. The minimum absolute atomic E-state index is 0.0522. The molecule has 2 aromatic carbocycles. The van der Waals surface area contributed by atoms with Gasteiger partial charge in [0.1, 0.15) is 28.8 Å². The number of piperidine rings is 1. The van der Waals surface area contributed by atoms with Gasteiger partial charge in [0.25, 0.3) is 0 Å². The molecule has 0 unspecified atom stereocenters. The Morgan fingerprint density at radius 1 is 1.12 bits per heavy atom. The van der Waals surface area contributed by atoms with E-state index >= 15 is 0 Å². The smallest absolute Gasteiger partial charge is 0.141 e. The molecule has 1 saturated heterocycles. The quantitative estimate of drug-likeness (QED) is 0.518. The van der Waals surface area contributed by atoms with Crippen LogP contribution in [0, 0.1) is 0 Å². The van der Waals surface area contributed by atoms with E-state index in [1.54, 1.807) is 35.0 Å². The summed E-state index contributed by atoms with van der Waals surface area (Å²) in [5, 5.41) is 11.4. The van der Waals surface area contributed by atoms with Crippen molar-refractivity contribution in [1.29, 1.82) is 0 Å². The molecule has 26 heavy (non-hydrogen) atoms. The number of phenolic OH excluding ortho intramolecular Hbond substituents is 1. The number of hydrogen-bond donors (Lipinski definition) is 1. The number of thiazole rings is 1. The van der Waals surface area contributed by atoms with Crippen LogP contribution in [0.2, 0.25) is 15.1 Å². The zero-order valence-electron chi connectivity index (χ0n) is 13.6. The average molecular weight is 430 g/mol. The van der Waals surface area contributed by atoms with Gasteiger partial charge in [-0.25, -0.2) is 4.98 Å². The molecule has 0 radical (unpaired) electrons. The van der Waals surface area contributed by atoms with Gasteiger partial charge in [0, 0.05) is 38.1 Å². The second-order valence-corrected chi connectivity index (χ2v) is 8.22. The fourth-order valence-electron chi connectivity index (χ4n) is 3.21. The van der Waals surface area contributed by atoms with Gasteiger partial charge in [0.2, 0.25) is 0 Å². The first-order valence-corrected chi connectivity index (χ1v) is 10.2. The van der Waals surface area contributed by atoms with Crippen LogP contribution in [-0.4, -0.2) is 29.3 Å². The van der Waals surface area contributed by atoms with E-state index in [4.69, 9.17) is 39.5 Å². The maximum Gasteiger partial charge on any atom is 0.141 e. The van der Waals surface area contributed by atoms with Crippen LogP contribution >= 0.6 is 46.1 Å². The predicted molar refractivity (Wildman–Crippen MR) is 109 cm³/mol. The van der Waals surface area contributed by atoms with Crippen LogP contribution in [-0.2, 0) is 0 Å². The van der Waals surface area contributed by atoms with Crippen LogP contribution in [0.5, 0.6) is 11.5 Å². The molecule has 1 aliphatic rings. The molecule has 3 aromatic rings. The zero-order chi connectivity index (χ0) is 18.3. The number of aromatic nitrogens is 1. The molecule has 4 rings (SSSR count). The summed E-state index contributed by atoms with van der Waals surface area (Å²) in [6.07, 6.45) is 1.69. The van der Waals surface area contributed by atoms with Crippen LogP contribution < -0.4 is 9.64 Å². The monoisotopic (exact) mass is 428 g/mol. The summed E-state index contributed by atoms with van der Waals surface area (Å²) in [6, 6.07) is 7.00. The van der Waals surface area contributed by atoms with Crippen molar-refractivity contribution in [1.82, 2.24) is 4.98 Å². The van der Waals surface area contributed by atoms with E-state index in [9.17, 15) is 5.11 Å². The number of ether oxygens (including phenoxy) is 1. The van der Waals surface area contributed by atoms with E-state index in [0.29, 0.717) is 20.8 Å². The van der Waals surface area contributed by atoms with Crippen molar-refractivity contribution in [2.45, 2.75) is 18.9 Å². The highest BCUT2D eigenvalue weighted by molar-refractivity contribution is 7.16. The molecule has 1 N–H and O–H groups in total. The van der Waals surface area contributed by atoms with E-state index in [-0.39, 0.29) is 11.9 Å². The second kappa shape index (κ2) is 7.31. The molecule has 0 saturated carbocycles. The lowest BCUT2D eigenvalue weighted by molar-refractivity contribution is 0.171. The molecule has 1 aliphatic heterocycles. The number of benzene rings is 2. The van der Waals surface area contributed by atoms with E-state index in [1.807, 2.05) is 6.07 Å². The van der Waals surface area contributed by atoms with E-state index in [2.05, 4.69) is 9.88 Å². The summed E-state index contributed by atoms with van der Waals surface area (Å²) in [6.45, 7) is 1.54. The van der Waals surface area contributed by atoms with E-state index in [1.165, 1.54) is 0 Å². The van der Waals surface area contributed by atoms with Gasteiger partial charge in [0.05, 0.1) is 25.3 Å². The van der Waals surface area contributed by atoms with Gasteiger partial charge < -0.3 is 14.7 Å². The number of aromatic hydroxyl groups is 1. The zero-order valence-corrected chi connectivity index (χ0v) is 16.7. The van der Waals surface area contributed by atoms with Crippen molar-refractivity contribution >= 4 is 62.0 Å². The number of nitrogens with zero attached hydrogens (tertiary/aromatic N) is 2. The van der Waals surface area contributed by atoms with Gasteiger partial charge in [-0.3, -0.25) is 0 Å². The Balaban J connectivity index is 1.47. The first-order valence-electron chi connectivity index (χ1n) is 8.14. The lowest BCUT2D eigenvalue weighted by Gasteiger charge is -2.34. The van der Waals surface area contributed by atoms with Crippen molar-refractivity contribution in [3.63, 3.8) is 0 Å². The summed E-state index contributed by atoms with van der Waals surface area (Å²) in [5.74, 6) is 0.881. The Labute approximate surface area is 169 Å². The standard InChI is InChI=1S/C18H15Cl3N2O2S/c19-12-7-11(8-13(20)16(12)21)25-10-3-5-23(6-4-10)18-14(24)1-2-15-17(18)22-9-26-15/h1-2,7-10,24H,3-6H2. The minimum atomic E-state index is 0.0522. The molecule has 8 heteroatoms. The van der Waals surface area contributed by atoms with Crippen molar-refractivity contribution in [2.24, 2.45) is 0 Å². The summed E-state index contributed by atoms with van der Waals surface area (Å²) in [5.41, 5.74) is 3.46. The molecule has 0 aliphatic carbocycles. The maximum absolute atomic E-state index is 10.3. The van der Waals surface area contributed by atoms with Crippen LogP contribution in [0.15, 0.2) is 29.8 Å². The van der Waals surface area contributed by atoms with Gasteiger partial charge >= 0.3 is 0 Å². The van der Waals surface area contributed by atoms with Crippen molar-refractivity contribution in [2.75, 3.05) is 18.0 Å². The summed E-state index contributed by atoms with van der Waals surface area (Å²) in [7, 11) is 0. The van der Waals surface area contributed by atoms with Crippen molar-refractivity contribution in [3.05, 3.63) is 44.8 Å². The highest BCUT2D eigenvalue weighted by Gasteiger charge is 2.25. The number of rotatable bonds is 3. The van der Waals surface area contributed by atoms with Gasteiger partial charge in [-0.05, 0) is 12.1 Å². The van der Waals surface area contributed by atoms with Crippen molar-refractivity contribution in [3.8, 4) is 11.5 Å². The Hall–Kier alpha value is -1.40. The molecule has 0 spiro atoms. The molecule has 2 heterocycles. The number of hydrogen-bond acceptors (Lipinski definition) is 5. The molecular formula is C18H15Cl3N2O2S. The average Bonchev–Trinajstić information content (AvgIpc) is 3.09. The van der Waals surface area contributed by atoms with Gasteiger partial charge in [-0.1, -0.05) is 34.8 Å². The summed E-state index contributed by atoms with van der Waals surface area (Å²) < 4.78 is 7.10. The molecule has 0 atom stereocenters. The second-order valence-electron chi connectivity index (χ2n) is 6.14. The van der Waals surface area contributed by atoms with Crippen LogP contribution in [0.4, 0.5) is 5.69 Å². The first kappa shape index (κ1) is 18.0.